The molecule has 7 nitrogen and oxygen atoms in total. The number of nitriles is 1. The average molecular weight is 444 g/mol. The van der Waals surface area contributed by atoms with Gasteiger partial charge in [-0.05, 0) is 29.0 Å². The first kappa shape index (κ1) is 22.2. The Hall–Kier alpha value is -3.02. The first-order valence-corrected chi connectivity index (χ1v) is 10.9. The summed E-state index contributed by atoms with van der Waals surface area (Å²) in [6, 6.07) is 5.58. The Bertz CT molecular complexity index is 1000. The van der Waals surface area contributed by atoms with Gasteiger partial charge in [0.15, 0.2) is 0 Å². The molecule has 3 atom stereocenters. The monoisotopic (exact) mass is 444 g/mol. The third kappa shape index (κ3) is 4.06. The predicted octanol–water partition coefficient (Wildman–Crippen LogP) is 2.31. The van der Waals surface area contributed by atoms with E-state index < -0.39 is 48.7 Å². The zero-order chi connectivity index (χ0) is 23.2. The Kier molecular flexibility index (Phi) is 5.65. The number of carbonyl (C=O) groups excluding carboxylic acids is 3. The van der Waals surface area contributed by atoms with Gasteiger partial charge in [-0.2, -0.15) is 5.26 Å². The van der Waals surface area contributed by atoms with Crippen LogP contribution in [-0.4, -0.2) is 52.1 Å². The van der Waals surface area contributed by atoms with Crippen LogP contribution in [0.15, 0.2) is 18.2 Å². The van der Waals surface area contributed by atoms with E-state index in [1.54, 1.807) is 11.0 Å². The lowest BCUT2D eigenvalue weighted by Crippen LogP contribution is -2.46. The molecule has 3 heterocycles. The predicted molar refractivity (Wildman–Crippen MR) is 110 cm³/mol. The number of nitrogens with zero attached hydrogens (tertiary/aromatic N) is 3. The third-order valence-corrected chi connectivity index (χ3v) is 6.62. The molecule has 0 radical (unpaired) electrons. The van der Waals surface area contributed by atoms with Gasteiger partial charge in [-0.25, -0.2) is 8.78 Å². The molecule has 3 aliphatic heterocycles. The molecule has 170 valence electrons. The van der Waals surface area contributed by atoms with Crippen LogP contribution in [0.1, 0.15) is 55.7 Å². The molecular formula is C23H26F2N4O3. The van der Waals surface area contributed by atoms with Gasteiger partial charge < -0.3 is 15.1 Å². The van der Waals surface area contributed by atoms with E-state index in [2.05, 4.69) is 25.2 Å². The molecule has 3 aliphatic rings. The summed E-state index contributed by atoms with van der Waals surface area (Å²) in [5, 5.41) is 11.7. The largest absolute Gasteiger partial charge is 0.344 e. The molecule has 1 aromatic rings. The molecule has 0 aromatic heterocycles. The smallest absolute Gasteiger partial charge is 0.268 e. The van der Waals surface area contributed by atoms with E-state index in [0.717, 1.165) is 16.0 Å². The fourth-order valence-corrected chi connectivity index (χ4v) is 4.95. The van der Waals surface area contributed by atoms with Gasteiger partial charge in [0, 0.05) is 31.8 Å². The highest BCUT2D eigenvalue weighted by Gasteiger charge is 2.50. The Morgan fingerprint density at radius 1 is 1.31 bits per heavy atom. The standard InChI is InChI=1S/C23H26F2N4O3/c1-13(2)17-5-3-4-14-10-28(11-18(14)17)20(30)7-15-6-19(27-21(15)31)22(32)29-12-23(24,25)8-16(29)9-26/h3-5,13,15-16,19H,6-8,10-12H2,1-2H3,(H,27,31)/t15-,16-,19?/m0/s1. The van der Waals surface area contributed by atoms with Crippen molar-refractivity contribution in [3.05, 3.63) is 34.9 Å². The van der Waals surface area contributed by atoms with Gasteiger partial charge in [0.25, 0.3) is 5.92 Å². The van der Waals surface area contributed by atoms with Crippen LogP contribution < -0.4 is 5.32 Å². The van der Waals surface area contributed by atoms with Crippen LogP contribution in [0.3, 0.4) is 0 Å². The molecule has 3 amide bonds. The van der Waals surface area contributed by atoms with Gasteiger partial charge in [0.2, 0.25) is 17.7 Å². The van der Waals surface area contributed by atoms with Gasteiger partial charge in [-0.3, -0.25) is 14.4 Å². The van der Waals surface area contributed by atoms with E-state index in [9.17, 15) is 23.2 Å². The van der Waals surface area contributed by atoms with Crippen LogP contribution in [0.4, 0.5) is 8.78 Å². The number of nitrogens with one attached hydrogen (secondary N) is 1. The maximum Gasteiger partial charge on any atom is 0.268 e. The van der Waals surface area contributed by atoms with Crippen molar-refractivity contribution in [2.75, 3.05) is 6.54 Å². The number of amides is 3. The number of likely N-dealkylation sites (tertiary alicyclic amines) is 1. The van der Waals surface area contributed by atoms with Crippen LogP contribution in [0.5, 0.6) is 0 Å². The molecule has 0 bridgehead atoms. The molecule has 1 N–H and O–H groups in total. The van der Waals surface area contributed by atoms with Crippen LogP contribution in [0.2, 0.25) is 0 Å². The van der Waals surface area contributed by atoms with Crippen molar-refractivity contribution in [1.82, 2.24) is 15.1 Å². The topological polar surface area (TPSA) is 93.5 Å². The van der Waals surface area contributed by atoms with Gasteiger partial charge in [-0.1, -0.05) is 32.0 Å². The van der Waals surface area contributed by atoms with E-state index in [4.69, 9.17) is 5.26 Å². The highest BCUT2D eigenvalue weighted by Crippen LogP contribution is 2.34. The van der Waals surface area contributed by atoms with Crippen LogP contribution in [0.25, 0.3) is 0 Å². The minimum absolute atomic E-state index is 0.0432. The van der Waals surface area contributed by atoms with Gasteiger partial charge in [-0.15, -0.1) is 0 Å². The lowest BCUT2D eigenvalue weighted by molar-refractivity contribution is -0.135. The van der Waals surface area contributed by atoms with E-state index in [-0.39, 0.29) is 18.7 Å². The van der Waals surface area contributed by atoms with E-state index >= 15 is 0 Å². The lowest BCUT2D eigenvalue weighted by Gasteiger charge is -2.22. The van der Waals surface area contributed by atoms with Crippen molar-refractivity contribution in [2.24, 2.45) is 5.92 Å². The molecule has 2 saturated heterocycles. The number of fused-ring (bicyclic) bond motifs is 1. The SMILES string of the molecule is CC(C)c1cccc2c1CN(C(=O)C[C@@H]1CC(C(=O)N3CC(F)(F)C[C@H]3C#N)NC1=O)C2. The van der Waals surface area contributed by atoms with Crippen molar-refractivity contribution in [2.45, 2.75) is 70.1 Å². The minimum Gasteiger partial charge on any atom is -0.344 e. The van der Waals surface area contributed by atoms with Crippen molar-refractivity contribution in [3.8, 4) is 6.07 Å². The summed E-state index contributed by atoms with van der Waals surface area (Å²) in [7, 11) is 0. The molecule has 1 aromatic carbocycles. The molecular weight excluding hydrogens is 418 g/mol. The van der Waals surface area contributed by atoms with E-state index in [0.29, 0.717) is 19.0 Å². The number of benzene rings is 1. The molecule has 2 fully saturated rings. The minimum atomic E-state index is -3.12. The maximum absolute atomic E-state index is 13.7. The molecule has 0 aliphatic carbocycles. The summed E-state index contributed by atoms with van der Waals surface area (Å²) in [5.74, 6) is -4.78. The zero-order valence-electron chi connectivity index (χ0n) is 18.1. The normalized spacial score (nSPS) is 26.2. The zero-order valence-corrected chi connectivity index (χ0v) is 18.1. The number of halogens is 2. The molecule has 0 saturated carbocycles. The lowest BCUT2D eigenvalue weighted by atomic mass is 9.95. The van der Waals surface area contributed by atoms with Gasteiger partial charge in [0.05, 0.1) is 12.6 Å². The quantitative estimate of drug-likeness (QED) is 0.771. The van der Waals surface area contributed by atoms with E-state index in [1.165, 1.54) is 5.56 Å². The Morgan fingerprint density at radius 3 is 2.75 bits per heavy atom. The molecule has 9 heteroatoms. The number of hydrogen-bond donors (Lipinski definition) is 1. The average Bonchev–Trinajstić information content (AvgIpc) is 3.41. The second-order valence-corrected chi connectivity index (χ2v) is 9.26. The van der Waals surface area contributed by atoms with Crippen molar-refractivity contribution in [1.29, 1.82) is 5.26 Å². The number of alkyl halides is 2. The summed E-state index contributed by atoms with van der Waals surface area (Å²) in [6.07, 6.45) is -0.689. The maximum atomic E-state index is 13.7. The molecule has 4 rings (SSSR count). The van der Waals surface area contributed by atoms with Gasteiger partial charge >= 0.3 is 0 Å². The second-order valence-electron chi connectivity index (χ2n) is 9.26. The first-order valence-electron chi connectivity index (χ1n) is 10.9. The highest BCUT2D eigenvalue weighted by atomic mass is 19.3. The van der Waals surface area contributed by atoms with Crippen LogP contribution in [-0.2, 0) is 27.5 Å². The van der Waals surface area contributed by atoms with Gasteiger partial charge in [0.1, 0.15) is 12.1 Å². The first-order chi connectivity index (χ1) is 15.1. The number of carbonyl (C=O) groups is 3. The summed E-state index contributed by atoms with van der Waals surface area (Å²) < 4.78 is 27.4. The Labute approximate surface area is 185 Å². The van der Waals surface area contributed by atoms with Crippen molar-refractivity contribution >= 4 is 17.7 Å². The van der Waals surface area contributed by atoms with Crippen molar-refractivity contribution in [3.63, 3.8) is 0 Å². The fourth-order valence-electron chi connectivity index (χ4n) is 4.95. The van der Waals surface area contributed by atoms with Crippen LogP contribution >= 0.6 is 0 Å². The number of rotatable bonds is 4. The summed E-state index contributed by atoms with van der Waals surface area (Å²) in [4.78, 5) is 40.6. The summed E-state index contributed by atoms with van der Waals surface area (Å²) in [5.41, 5.74) is 3.46. The summed E-state index contributed by atoms with van der Waals surface area (Å²) in [6.45, 7) is 4.36. The fraction of sp³-hybridized carbons (Fsp3) is 0.565. The summed E-state index contributed by atoms with van der Waals surface area (Å²) >= 11 is 0. The second kappa shape index (κ2) is 8.15. The Balaban J connectivity index is 1.38. The highest BCUT2D eigenvalue weighted by molar-refractivity contribution is 5.94. The van der Waals surface area contributed by atoms with Crippen LogP contribution in [0, 0.1) is 17.2 Å². The molecule has 32 heavy (non-hydrogen) atoms. The molecule has 1 unspecified atom stereocenters. The van der Waals surface area contributed by atoms with E-state index in [1.807, 2.05) is 12.1 Å². The Morgan fingerprint density at radius 2 is 2.06 bits per heavy atom. The van der Waals surface area contributed by atoms with Crippen molar-refractivity contribution < 1.29 is 23.2 Å². The third-order valence-electron chi connectivity index (χ3n) is 6.62. The molecule has 0 spiro atoms. The number of hydrogen-bond acceptors (Lipinski definition) is 4.